The molecule has 2 rings (SSSR count). The molecule has 0 aliphatic rings. The Kier molecular flexibility index (Phi) is 6.69. The maximum atomic E-state index is 12.1. The highest BCUT2D eigenvalue weighted by Crippen LogP contribution is 2.16. The number of hydrogen-bond acceptors (Lipinski definition) is 4. The number of ether oxygens (including phenoxy) is 1. The lowest BCUT2D eigenvalue weighted by Gasteiger charge is -2.05. The van der Waals surface area contributed by atoms with E-state index in [9.17, 15) is 14.9 Å². The van der Waals surface area contributed by atoms with Crippen molar-refractivity contribution >= 4 is 33.5 Å². The van der Waals surface area contributed by atoms with Crippen molar-refractivity contribution < 1.29 is 14.5 Å². The van der Waals surface area contributed by atoms with Crippen LogP contribution in [0.3, 0.4) is 0 Å². The normalized spacial score (nSPS) is 10.7. The van der Waals surface area contributed by atoms with Gasteiger partial charge in [0.05, 0.1) is 11.5 Å². The monoisotopic (exact) mass is 389 g/mol. The van der Waals surface area contributed by atoms with E-state index in [-0.39, 0.29) is 11.5 Å². The Morgan fingerprint density at radius 3 is 2.62 bits per heavy atom. The number of carbonyl (C=O) groups is 1. The van der Waals surface area contributed by atoms with Gasteiger partial charge in [0.2, 0.25) is 0 Å². The number of nitro benzene ring substituents is 1. The molecule has 0 atom stereocenters. The largest absolute Gasteiger partial charge is 0.494 e. The lowest BCUT2D eigenvalue weighted by atomic mass is 10.1. The number of ketones is 1. The number of benzene rings is 2. The van der Waals surface area contributed by atoms with Crippen LogP contribution in [0.2, 0.25) is 0 Å². The van der Waals surface area contributed by atoms with Gasteiger partial charge in [0, 0.05) is 23.0 Å². The number of rotatable bonds is 8. The average molecular weight is 390 g/mol. The number of alkyl halides is 1. The summed E-state index contributed by atoms with van der Waals surface area (Å²) in [5.74, 6) is 0.545. The van der Waals surface area contributed by atoms with Crippen LogP contribution >= 0.6 is 15.9 Å². The molecule has 0 aromatic heterocycles. The summed E-state index contributed by atoms with van der Waals surface area (Å²) >= 11 is 3.33. The van der Waals surface area contributed by atoms with E-state index in [1.807, 2.05) is 0 Å². The number of nitrogens with zero attached hydrogens (tertiary/aromatic N) is 1. The minimum atomic E-state index is -0.465. The zero-order chi connectivity index (χ0) is 17.4. The van der Waals surface area contributed by atoms with E-state index in [1.165, 1.54) is 18.2 Å². The molecule has 2 aromatic rings. The Hall–Kier alpha value is -2.47. The van der Waals surface area contributed by atoms with Crippen LogP contribution in [0.25, 0.3) is 6.08 Å². The van der Waals surface area contributed by atoms with Gasteiger partial charge in [-0.25, -0.2) is 0 Å². The van der Waals surface area contributed by atoms with Crippen molar-refractivity contribution in [2.45, 2.75) is 6.42 Å². The van der Waals surface area contributed by atoms with Crippen LogP contribution in [0.15, 0.2) is 54.6 Å². The first kappa shape index (κ1) is 17.9. The highest BCUT2D eigenvalue weighted by molar-refractivity contribution is 9.09. The van der Waals surface area contributed by atoms with Crippen LogP contribution < -0.4 is 4.74 Å². The van der Waals surface area contributed by atoms with Gasteiger partial charge in [-0.3, -0.25) is 14.9 Å². The average Bonchev–Trinajstić information content (AvgIpc) is 2.60. The second-order valence-electron chi connectivity index (χ2n) is 4.97. The lowest BCUT2D eigenvalue weighted by Crippen LogP contribution is -1.99. The molecule has 0 fully saturated rings. The standard InChI is InChI=1S/C18H16BrNO4/c19-11-2-12-24-17-8-6-15(7-9-17)18(21)10-5-14-3-1-4-16(13-14)20(22)23/h1,3-10,13H,2,11-12H2. The molecular weight excluding hydrogens is 374 g/mol. The fraction of sp³-hybridized carbons (Fsp3) is 0.167. The molecular formula is C18H16BrNO4. The van der Waals surface area contributed by atoms with Gasteiger partial charge in [-0.05, 0) is 42.3 Å². The van der Waals surface area contributed by atoms with Gasteiger partial charge in [0.15, 0.2) is 5.78 Å². The summed E-state index contributed by atoms with van der Waals surface area (Å²) in [6.07, 6.45) is 3.88. The second kappa shape index (κ2) is 8.98. The smallest absolute Gasteiger partial charge is 0.270 e. The summed E-state index contributed by atoms with van der Waals surface area (Å²) in [6, 6.07) is 13.0. The topological polar surface area (TPSA) is 69.4 Å². The minimum absolute atomic E-state index is 0.00502. The Labute approximate surface area is 148 Å². The predicted octanol–water partition coefficient (Wildman–Crippen LogP) is 4.65. The van der Waals surface area contributed by atoms with Gasteiger partial charge in [-0.15, -0.1) is 0 Å². The Bertz CT molecular complexity index is 741. The summed E-state index contributed by atoms with van der Waals surface area (Å²) in [7, 11) is 0. The number of non-ortho nitro benzene ring substituents is 1. The van der Waals surface area contributed by atoms with Gasteiger partial charge in [-0.2, -0.15) is 0 Å². The van der Waals surface area contributed by atoms with Crippen LogP contribution in [-0.4, -0.2) is 22.6 Å². The van der Waals surface area contributed by atoms with Crippen molar-refractivity contribution in [1.82, 2.24) is 0 Å². The molecule has 0 unspecified atom stereocenters. The first-order valence-corrected chi connectivity index (χ1v) is 8.48. The molecule has 0 aliphatic carbocycles. The third-order valence-corrected chi connectivity index (χ3v) is 3.75. The molecule has 0 heterocycles. The maximum Gasteiger partial charge on any atom is 0.270 e. The molecule has 0 radical (unpaired) electrons. The SMILES string of the molecule is O=C(C=Cc1cccc([N+](=O)[O-])c1)c1ccc(OCCCBr)cc1. The van der Waals surface area contributed by atoms with E-state index >= 15 is 0 Å². The van der Waals surface area contributed by atoms with Gasteiger partial charge in [-0.1, -0.05) is 34.1 Å². The molecule has 0 aliphatic heterocycles. The molecule has 24 heavy (non-hydrogen) atoms. The van der Waals surface area contributed by atoms with Gasteiger partial charge in [0.25, 0.3) is 5.69 Å². The quantitative estimate of drug-likeness (QED) is 0.164. The van der Waals surface area contributed by atoms with Crippen molar-refractivity contribution in [3.05, 3.63) is 75.8 Å². The number of allylic oxidation sites excluding steroid dienone is 1. The van der Waals surface area contributed by atoms with E-state index in [1.54, 1.807) is 42.5 Å². The zero-order valence-corrected chi connectivity index (χ0v) is 14.4. The first-order chi connectivity index (χ1) is 11.6. The molecule has 0 saturated carbocycles. The Morgan fingerprint density at radius 2 is 1.96 bits per heavy atom. The molecule has 124 valence electrons. The third-order valence-electron chi connectivity index (χ3n) is 3.19. The molecule has 0 saturated heterocycles. The molecule has 6 heteroatoms. The highest BCUT2D eigenvalue weighted by Gasteiger charge is 2.05. The van der Waals surface area contributed by atoms with Crippen molar-refractivity contribution in [3.63, 3.8) is 0 Å². The minimum Gasteiger partial charge on any atom is -0.494 e. The van der Waals surface area contributed by atoms with Crippen LogP contribution in [0.4, 0.5) is 5.69 Å². The summed E-state index contributed by atoms with van der Waals surface area (Å²) in [5.41, 5.74) is 1.13. The summed E-state index contributed by atoms with van der Waals surface area (Å²) < 4.78 is 5.52. The molecule has 0 bridgehead atoms. The van der Waals surface area contributed by atoms with E-state index in [0.29, 0.717) is 17.7 Å². The summed E-state index contributed by atoms with van der Waals surface area (Å²) in [6.45, 7) is 0.616. The first-order valence-electron chi connectivity index (χ1n) is 7.36. The number of carbonyl (C=O) groups excluding carboxylic acids is 1. The summed E-state index contributed by atoms with van der Waals surface area (Å²) in [4.78, 5) is 22.4. The van der Waals surface area contributed by atoms with E-state index < -0.39 is 4.92 Å². The maximum absolute atomic E-state index is 12.1. The fourth-order valence-electron chi connectivity index (χ4n) is 1.97. The highest BCUT2D eigenvalue weighted by atomic mass is 79.9. The van der Waals surface area contributed by atoms with Crippen molar-refractivity contribution in [2.75, 3.05) is 11.9 Å². The number of nitro groups is 1. The molecule has 0 N–H and O–H groups in total. The van der Waals surface area contributed by atoms with Crippen molar-refractivity contribution in [3.8, 4) is 5.75 Å². The van der Waals surface area contributed by atoms with E-state index in [4.69, 9.17) is 4.74 Å². The van der Waals surface area contributed by atoms with Crippen LogP contribution in [-0.2, 0) is 0 Å². The van der Waals surface area contributed by atoms with Gasteiger partial charge >= 0.3 is 0 Å². The number of halogens is 1. The lowest BCUT2D eigenvalue weighted by molar-refractivity contribution is -0.384. The van der Waals surface area contributed by atoms with Crippen LogP contribution in [0, 0.1) is 10.1 Å². The van der Waals surface area contributed by atoms with Crippen molar-refractivity contribution in [1.29, 1.82) is 0 Å². The van der Waals surface area contributed by atoms with E-state index in [0.717, 1.165) is 17.5 Å². The molecule has 5 nitrogen and oxygen atoms in total. The summed E-state index contributed by atoms with van der Waals surface area (Å²) in [5, 5.41) is 11.6. The predicted molar refractivity (Wildman–Crippen MR) is 96.8 cm³/mol. The molecule has 0 spiro atoms. The number of hydrogen-bond donors (Lipinski definition) is 0. The van der Waals surface area contributed by atoms with Crippen LogP contribution in [0.5, 0.6) is 5.75 Å². The van der Waals surface area contributed by atoms with Crippen molar-refractivity contribution in [2.24, 2.45) is 0 Å². The second-order valence-corrected chi connectivity index (χ2v) is 5.76. The van der Waals surface area contributed by atoms with Crippen LogP contribution in [0.1, 0.15) is 22.3 Å². The van der Waals surface area contributed by atoms with E-state index in [2.05, 4.69) is 15.9 Å². The Morgan fingerprint density at radius 1 is 1.21 bits per heavy atom. The fourth-order valence-corrected chi connectivity index (χ4v) is 2.20. The zero-order valence-electron chi connectivity index (χ0n) is 12.9. The molecule has 0 amide bonds. The van der Waals surface area contributed by atoms with Gasteiger partial charge < -0.3 is 4.74 Å². The Balaban J connectivity index is 2.01. The van der Waals surface area contributed by atoms with Gasteiger partial charge in [0.1, 0.15) is 5.75 Å². The molecule has 2 aromatic carbocycles. The third kappa shape index (κ3) is 5.31.